The second-order valence-electron chi connectivity index (χ2n) is 19.2. The molecule has 406 valence electrons. The molecule has 8 N–H and O–H groups in total. The predicted molar refractivity (Wildman–Crippen MR) is 274 cm³/mol. The summed E-state index contributed by atoms with van der Waals surface area (Å²) in [5.74, 6) is -8.85. The molecule has 0 radical (unpaired) electrons. The van der Waals surface area contributed by atoms with E-state index in [4.69, 9.17) is 4.74 Å². The number of benzene rings is 2. The first-order valence-electron chi connectivity index (χ1n) is 25.1. The molecule has 0 saturated carbocycles. The summed E-state index contributed by atoms with van der Waals surface area (Å²) >= 11 is 0. The number of aliphatic hydroxyl groups is 1. The minimum absolute atomic E-state index is 0.0625. The fourth-order valence-corrected chi connectivity index (χ4v) is 9.18. The number of allylic oxidation sites excluding steroid dienone is 1. The number of rotatable bonds is 17. The lowest BCUT2D eigenvalue weighted by Crippen LogP contribution is -2.64. The Morgan fingerprint density at radius 2 is 1.50 bits per heavy atom. The van der Waals surface area contributed by atoms with Gasteiger partial charge >= 0.3 is 5.97 Å². The fraction of sp³-hybridized carbons (Fsp3) is 0.558. The number of piperidine rings is 1. The van der Waals surface area contributed by atoms with Crippen LogP contribution < -0.4 is 31.9 Å². The summed E-state index contributed by atoms with van der Waals surface area (Å²) in [5.41, 5.74) is 0.693. The van der Waals surface area contributed by atoms with Crippen molar-refractivity contribution in [1.82, 2.24) is 41.7 Å². The number of aliphatic hydroxyl groups excluding tert-OH is 1. The van der Waals surface area contributed by atoms with Gasteiger partial charge in [-0.3, -0.25) is 42.6 Å². The lowest BCUT2D eigenvalue weighted by molar-refractivity contribution is -0.165. The molecule has 74 heavy (non-hydrogen) atoms. The second-order valence-corrected chi connectivity index (χ2v) is 20.8. The van der Waals surface area contributed by atoms with Crippen molar-refractivity contribution in [2.24, 2.45) is 11.8 Å². The Balaban J connectivity index is 1.84. The van der Waals surface area contributed by atoms with Crippen LogP contribution in [-0.4, -0.2) is 151 Å². The molecule has 1 unspecified atom stereocenters. The van der Waals surface area contributed by atoms with Crippen LogP contribution in [0.25, 0.3) is 0 Å². The van der Waals surface area contributed by atoms with Crippen molar-refractivity contribution in [3.05, 3.63) is 77.5 Å². The zero-order valence-electron chi connectivity index (χ0n) is 43.7. The highest BCUT2D eigenvalue weighted by atomic mass is 32.2. The van der Waals surface area contributed by atoms with Gasteiger partial charge in [0.25, 0.3) is 11.8 Å². The average molecular weight is 1050 g/mol. The normalized spacial score (nSPS) is 24.7. The molecule has 2 saturated heterocycles. The molecule has 0 aromatic heterocycles. The van der Waals surface area contributed by atoms with Crippen LogP contribution in [0.5, 0.6) is 5.75 Å². The Morgan fingerprint density at radius 1 is 0.865 bits per heavy atom. The molecule has 11 atom stereocenters. The molecule has 22 heteroatoms. The molecule has 4 rings (SSSR count). The Bertz CT molecular complexity index is 2390. The van der Waals surface area contributed by atoms with Crippen molar-refractivity contribution in [3.8, 4) is 5.75 Å². The molecule has 2 aromatic carbocycles. The van der Waals surface area contributed by atoms with E-state index in [1.54, 1.807) is 70.2 Å². The van der Waals surface area contributed by atoms with Crippen molar-refractivity contribution in [2.75, 3.05) is 19.1 Å². The number of carbonyl (C=O) groups excluding carboxylic acids is 9. The largest absolute Gasteiger partial charge is 0.508 e. The van der Waals surface area contributed by atoms with Crippen LogP contribution in [0, 0.1) is 11.8 Å². The number of hydrogen-bond donors (Lipinski definition) is 8. The van der Waals surface area contributed by atoms with Crippen molar-refractivity contribution in [1.29, 1.82) is 0 Å². The number of phenolic OH excluding ortho intramolecular Hbond substituents is 1. The Morgan fingerprint density at radius 3 is 2.09 bits per heavy atom. The molecular formula is C52H74N8O13S. The van der Waals surface area contributed by atoms with Crippen LogP contribution in [0.15, 0.2) is 66.4 Å². The molecule has 8 amide bonds. The van der Waals surface area contributed by atoms with Gasteiger partial charge in [-0.25, -0.2) is 4.79 Å². The molecule has 2 aromatic rings. The Hall–Kier alpha value is -6.68. The number of likely N-dealkylation sites (N-methyl/N-ethyl adjacent to an activating group) is 1. The molecule has 2 aliphatic heterocycles. The number of nitrogens with zero attached hydrogens (tertiary/aromatic N) is 2. The lowest BCUT2D eigenvalue weighted by Gasteiger charge is -2.43. The lowest BCUT2D eigenvalue weighted by atomic mass is 9.95. The standard InChI is InChI=1S/C52H74N8O13S/c1-10-16-40(62)56-43(30(6)11-2)48(67)54-36(25-26-74(9)72)46(65)58-44-31(7)73-52(71)42(29(4)5)57-47(66)38(27-33-19-21-34(61)22-20-33)59(8)51(70)39(28-32-17-14-13-15-18-32)60-41(63)24-23-37(50(60)69)55-45(64)35(12-3)53-49(44)68/h12-15,17-22,29-31,36-39,41-44,61,63H,10-11,16,23-28H2,1-9H3,(H,53,68)(H,54,67)(H,55,64)(H,56,62)(H,57,66)(H,58,65)/b35-12-/t30-,31+,36-,37-,38-,39-,41+,42-,43-,44-,74?/m0/s1. The molecule has 2 heterocycles. The first-order valence-corrected chi connectivity index (χ1v) is 26.8. The maximum absolute atomic E-state index is 15.0. The fourth-order valence-electron chi connectivity index (χ4n) is 8.61. The van der Waals surface area contributed by atoms with Gasteiger partial charge in [-0.05, 0) is 74.6 Å². The topological polar surface area (TPSA) is 299 Å². The number of phenols is 1. The first-order chi connectivity index (χ1) is 35.0. The maximum Gasteiger partial charge on any atom is 0.329 e. The summed E-state index contributed by atoms with van der Waals surface area (Å²) in [4.78, 5) is 130. The summed E-state index contributed by atoms with van der Waals surface area (Å²) in [7, 11) is -0.117. The molecule has 2 bridgehead atoms. The molecule has 0 spiro atoms. The molecule has 2 aliphatic rings. The van der Waals surface area contributed by atoms with E-state index in [1.165, 1.54) is 45.4 Å². The highest BCUT2D eigenvalue weighted by Gasteiger charge is 2.45. The van der Waals surface area contributed by atoms with Crippen LogP contribution in [0.2, 0.25) is 0 Å². The monoisotopic (exact) mass is 1050 g/mol. The van der Waals surface area contributed by atoms with Gasteiger partial charge in [-0.15, -0.1) is 0 Å². The highest BCUT2D eigenvalue weighted by Crippen LogP contribution is 2.26. The number of carbonyl (C=O) groups is 9. The third kappa shape index (κ3) is 16.4. The van der Waals surface area contributed by atoms with E-state index < -0.39 is 124 Å². The van der Waals surface area contributed by atoms with Gasteiger partial charge in [0, 0.05) is 49.1 Å². The predicted octanol–water partition coefficient (Wildman–Crippen LogP) is 0.974. The van der Waals surface area contributed by atoms with Crippen molar-refractivity contribution in [2.45, 2.75) is 154 Å². The van der Waals surface area contributed by atoms with E-state index in [-0.39, 0.29) is 61.9 Å². The Kier molecular flexibility index (Phi) is 22.8. The quantitative estimate of drug-likeness (QED) is 0.0811. The average Bonchev–Trinajstić information content (AvgIpc) is 3.36. The van der Waals surface area contributed by atoms with Gasteiger partial charge in [0.15, 0.2) is 0 Å². The zero-order valence-corrected chi connectivity index (χ0v) is 44.5. The van der Waals surface area contributed by atoms with Crippen LogP contribution in [0.1, 0.15) is 98.1 Å². The third-order valence-electron chi connectivity index (χ3n) is 13.2. The zero-order chi connectivity index (χ0) is 55.0. The van der Waals surface area contributed by atoms with Gasteiger partial charge in [-0.2, -0.15) is 0 Å². The van der Waals surface area contributed by atoms with Gasteiger partial charge in [-0.1, -0.05) is 89.6 Å². The van der Waals surface area contributed by atoms with E-state index in [0.717, 1.165) is 9.80 Å². The highest BCUT2D eigenvalue weighted by molar-refractivity contribution is 7.84. The van der Waals surface area contributed by atoms with Crippen LogP contribution in [-0.2, 0) is 71.5 Å². The van der Waals surface area contributed by atoms with E-state index >= 15 is 4.79 Å². The number of amides is 8. The third-order valence-corrected chi connectivity index (χ3v) is 14.1. The number of cyclic esters (lactones) is 1. The number of fused-ring (bicyclic) bond motifs is 2. The minimum Gasteiger partial charge on any atom is -0.508 e. The number of nitrogens with one attached hydrogen (secondary N) is 6. The molecular weight excluding hydrogens is 977 g/mol. The van der Waals surface area contributed by atoms with E-state index in [1.807, 2.05) is 6.92 Å². The minimum atomic E-state index is -1.83. The van der Waals surface area contributed by atoms with E-state index in [9.17, 15) is 52.8 Å². The van der Waals surface area contributed by atoms with Gasteiger partial charge in [0.05, 0.1) is 0 Å². The van der Waals surface area contributed by atoms with Crippen molar-refractivity contribution in [3.63, 3.8) is 0 Å². The smallest absolute Gasteiger partial charge is 0.329 e. The summed E-state index contributed by atoms with van der Waals surface area (Å²) in [6.07, 6.45) is -0.000657. The number of hydrogen-bond acceptors (Lipinski definition) is 13. The van der Waals surface area contributed by atoms with Gasteiger partial charge in [0.1, 0.15) is 66.1 Å². The number of esters is 1. The molecule has 2 fully saturated rings. The summed E-state index contributed by atoms with van der Waals surface area (Å²) < 4.78 is 18.3. The van der Waals surface area contributed by atoms with Crippen molar-refractivity contribution >= 4 is 64.0 Å². The summed E-state index contributed by atoms with van der Waals surface area (Å²) in [5, 5.41) is 37.3. The Labute approximate surface area is 435 Å². The number of ether oxygens (including phenoxy) is 1. The number of aromatic hydroxyl groups is 1. The molecule has 0 aliphatic carbocycles. The van der Waals surface area contributed by atoms with Gasteiger partial charge < -0.3 is 56.7 Å². The summed E-state index contributed by atoms with van der Waals surface area (Å²) in [6.45, 7) is 11.3. The van der Waals surface area contributed by atoms with Crippen molar-refractivity contribution < 1.29 is 62.3 Å². The first kappa shape index (κ1) is 59.9. The maximum atomic E-state index is 15.0. The summed E-state index contributed by atoms with van der Waals surface area (Å²) in [6, 6.07) is 4.58. The van der Waals surface area contributed by atoms with Crippen LogP contribution >= 0.6 is 0 Å². The molecule has 21 nitrogen and oxygen atoms in total. The SMILES string of the molecule is C/C=C1\NC(=O)[C@@H](NC(=O)[C@H](CCS(C)=O)NC(=O)[C@@H](NC(=O)CCC)[C@@H](C)CC)[C@@H](C)OC(=O)[C@H](C(C)C)NC(=O)[C@H](Cc2ccc(O)cc2)N(C)C(=O)[C@H](Cc2ccccc2)N2C(=O)[C@H](CC[C@H]2O)NC1=O. The van der Waals surface area contributed by atoms with E-state index in [0.29, 0.717) is 24.0 Å². The van der Waals surface area contributed by atoms with Gasteiger partial charge in [0.2, 0.25) is 35.4 Å². The van der Waals surface area contributed by atoms with Crippen LogP contribution in [0.4, 0.5) is 0 Å². The van der Waals surface area contributed by atoms with E-state index in [2.05, 4.69) is 31.9 Å². The second kappa shape index (κ2) is 28.1. The van der Waals surface area contributed by atoms with Crippen LogP contribution in [0.3, 0.4) is 0 Å².